The molecule has 2 atom stereocenters. The monoisotopic (exact) mass is 385 g/mol. The number of halogens is 2. The van der Waals surface area contributed by atoms with Crippen molar-refractivity contribution in [1.82, 2.24) is 4.90 Å². The van der Waals surface area contributed by atoms with Crippen molar-refractivity contribution in [3.63, 3.8) is 0 Å². The highest BCUT2D eigenvalue weighted by molar-refractivity contribution is 6.42. The first kappa shape index (κ1) is 18.5. The summed E-state index contributed by atoms with van der Waals surface area (Å²) in [6.45, 7) is 1.46. The van der Waals surface area contributed by atoms with Crippen molar-refractivity contribution in [3.8, 4) is 0 Å². The molecule has 25 heavy (non-hydrogen) atoms. The zero-order chi connectivity index (χ0) is 18.0. The van der Waals surface area contributed by atoms with E-state index in [0.29, 0.717) is 23.3 Å². The van der Waals surface area contributed by atoms with Gasteiger partial charge in [-0.3, -0.25) is 9.59 Å². The molecule has 1 aromatic rings. The molecule has 1 amide bonds. The fourth-order valence-electron chi connectivity index (χ4n) is 3.52. The Hall–Kier alpha value is -1.30. The van der Waals surface area contributed by atoms with Crippen LogP contribution in [-0.2, 0) is 14.3 Å². The van der Waals surface area contributed by atoms with Gasteiger partial charge in [0.1, 0.15) is 0 Å². The number of carboxylic acids is 1. The van der Waals surface area contributed by atoms with E-state index in [9.17, 15) is 9.59 Å². The Morgan fingerprint density at radius 2 is 1.96 bits per heavy atom. The molecule has 1 aliphatic heterocycles. The third-order valence-corrected chi connectivity index (χ3v) is 5.80. The molecular formula is C18H21Cl2NO4. The number of ether oxygens (including phenoxy) is 1. The first-order chi connectivity index (χ1) is 12.0. The van der Waals surface area contributed by atoms with Crippen molar-refractivity contribution in [2.75, 3.05) is 19.8 Å². The molecule has 0 aromatic heterocycles. The lowest BCUT2D eigenvalue weighted by molar-refractivity contribution is -0.141. The average Bonchev–Trinajstić information content (AvgIpc) is 3.38. The minimum atomic E-state index is -0.893. The van der Waals surface area contributed by atoms with Crippen LogP contribution in [0.15, 0.2) is 18.2 Å². The van der Waals surface area contributed by atoms with Gasteiger partial charge in [-0.15, -0.1) is 0 Å². The van der Waals surface area contributed by atoms with Crippen LogP contribution in [0.1, 0.15) is 37.2 Å². The van der Waals surface area contributed by atoms with E-state index < -0.39 is 5.97 Å². The number of aliphatic carboxylic acids is 1. The van der Waals surface area contributed by atoms with Gasteiger partial charge in [-0.05, 0) is 36.8 Å². The first-order valence-corrected chi connectivity index (χ1v) is 9.28. The highest BCUT2D eigenvalue weighted by Gasteiger charge is 2.47. The molecule has 1 aliphatic carbocycles. The second-order valence-electron chi connectivity index (χ2n) is 6.61. The molecule has 1 heterocycles. The van der Waals surface area contributed by atoms with E-state index in [2.05, 4.69) is 0 Å². The third kappa shape index (κ3) is 4.27. The van der Waals surface area contributed by atoms with Crippen LogP contribution in [0.3, 0.4) is 0 Å². The summed E-state index contributed by atoms with van der Waals surface area (Å²) in [4.78, 5) is 25.7. The number of hydrogen-bond donors (Lipinski definition) is 1. The maximum atomic E-state index is 13.0. The number of rotatable bonds is 6. The summed E-state index contributed by atoms with van der Waals surface area (Å²) in [5, 5.41) is 10.00. The molecule has 2 fully saturated rings. The smallest absolute Gasteiger partial charge is 0.305 e. The molecule has 0 bridgehead atoms. The van der Waals surface area contributed by atoms with Gasteiger partial charge in [0.2, 0.25) is 5.91 Å². The molecule has 2 aliphatic rings. The van der Waals surface area contributed by atoms with Crippen LogP contribution in [0, 0.1) is 5.92 Å². The van der Waals surface area contributed by atoms with E-state index in [4.69, 9.17) is 33.0 Å². The van der Waals surface area contributed by atoms with Gasteiger partial charge >= 0.3 is 5.97 Å². The van der Waals surface area contributed by atoms with Gasteiger partial charge in [0.25, 0.3) is 0 Å². The summed E-state index contributed by atoms with van der Waals surface area (Å²) >= 11 is 12.4. The van der Waals surface area contributed by atoms with Crippen molar-refractivity contribution in [3.05, 3.63) is 33.8 Å². The van der Waals surface area contributed by atoms with Gasteiger partial charge in [-0.25, -0.2) is 0 Å². The van der Waals surface area contributed by atoms with Gasteiger partial charge in [0.05, 0.1) is 16.5 Å². The number of carbonyl (C=O) groups is 2. The predicted octanol–water partition coefficient (Wildman–Crippen LogP) is 3.58. The van der Waals surface area contributed by atoms with Crippen LogP contribution < -0.4 is 0 Å². The Labute approximate surface area is 156 Å². The van der Waals surface area contributed by atoms with Crippen LogP contribution >= 0.6 is 23.2 Å². The number of carboxylic acid groups (broad SMARTS) is 1. The molecule has 0 radical (unpaired) electrons. The number of benzene rings is 1. The van der Waals surface area contributed by atoms with Gasteiger partial charge in [0, 0.05) is 31.7 Å². The lowest BCUT2D eigenvalue weighted by Crippen LogP contribution is -2.45. The summed E-state index contributed by atoms with van der Waals surface area (Å²) in [5.74, 6) is -0.956. The van der Waals surface area contributed by atoms with E-state index in [1.807, 2.05) is 12.1 Å². The molecule has 0 spiro atoms. The summed E-state index contributed by atoms with van der Waals surface area (Å²) in [6, 6.07) is 5.52. The average molecular weight is 386 g/mol. The first-order valence-electron chi connectivity index (χ1n) is 8.53. The van der Waals surface area contributed by atoms with Crippen molar-refractivity contribution in [2.24, 2.45) is 5.92 Å². The number of amides is 1. The van der Waals surface area contributed by atoms with Crippen molar-refractivity contribution >= 4 is 35.1 Å². The zero-order valence-corrected chi connectivity index (χ0v) is 15.3. The van der Waals surface area contributed by atoms with Gasteiger partial charge < -0.3 is 14.7 Å². The van der Waals surface area contributed by atoms with Crippen molar-refractivity contribution in [2.45, 2.75) is 37.6 Å². The van der Waals surface area contributed by atoms with Crippen LogP contribution in [0.4, 0.5) is 0 Å². The van der Waals surface area contributed by atoms with Gasteiger partial charge in [-0.1, -0.05) is 35.3 Å². The number of hydrogen-bond acceptors (Lipinski definition) is 3. The SMILES string of the molecule is O=C(O)CCN(C(=O)C1CC1c1cccc(Cl)c1Cl)C1CCOCC1. The zero-order valence-electron chi connectivity index (χ0n) is 13.8. The Balaban J connectivity index is 1.72. The third-order valence-electron chi connectivity index (χ3n) is 4.97. The van der Waals surface area contributed by atoms with E-state index in [0.717, 1.165) is 24.8 Å². The minimum Gasteiger partial charge on any atom is -0.481 e. The molecule has 1 saturated heterocycles. The Morgan fingerprint density at radius 1 is 1.24 bits per heavy atom. The van der Waals surface area contributed by atoms with Crippen LogP contribution in [0.5, 0.6) is 0 Å². The maximum Gasteiger partial charge on any atom is 0.305 e. The summed E-state index contributed by atoms with van der Waals surface area (Å²) in [6.07, 6.45) is 2.19. The number of nitrogens with zero attached hydrogens (tertiary/aromatic N) is 1. The standard InChI is InChI=1S/C18H21Cl2NO4/c19-15-3-1-2-12(17(15)20)13-10-14(13)18(24)21(7-4-16(22)23)11-5-8-25-9-6-11/h1-3,11,13-14H,4-10H2,(H,22,23). The van der Waals surface area contributed by atoms with Crippen LogP contribution in [0.25, 0.3) is 0 Å². The van der Waals surface area contributed by atoms with E-state index >= 15 is 0 Å². The molecule has 2 unspecified atom stereocenters. The molecule has 136 valence electrons. The second-order valence-corrected chi connectivity index (χ2v) is 7.40. The maximum absolute atomic E-state index is 13.0. The lowest BCUT2D eigenvalue weighted by atomic mass is 10.0. The molecule has 3 rings (SSSR count). The van der Waals surface area contributed by atoms with Gasteiger partial charge in [-0.2, -0.15) is 0 Å². The molecule has 1 saturated carbocycles. The molecule has 7 heteroatoms. The second kappa shape index (κ2) is 7.94. The lowest BCUT2D eigenvalue weighted by Gasteiger charge is -2.34. The van der Waals surface area contributed by atoms with Crippen molar-refractivity contribution < 1.29 is 19.4 Å². The number of carbonyl (C=O) groups excluding carboxylic acids is 1. The molecule has 1 aromatic carbocycles. The fourth-order valence-corrected chi connectivity index (χ4v) is 3.97. The van der Waals surface area contributed by atoms with E-state index in [1.54, 1.807) is 11.0 Å². The van der Waals surface area contributed by atoms with Crippen LogP contribution in [-0.4, -0.2) is 47.7 Å². The quantitative estimate of drug-likeness (QED) is 0.812. The largest absolute Gasteiger partial charge is 0.481 e. The van der Waals surface area contributed by atoms with Crippen molar-refractivity contribution in [1.29, 1.82) is 0 Å². The van der Waals surface area contributed by atoms with E-state index in [1.165, 1.54) is 0 Å². The summed E-state index contributed by atoms with van der Waals surface area (Å²) < 4.78 is 5.36. The topological polar surface area (TPSA) is 66.8 Å². The Morgan fingerprint density at radius 3 is 2.64 bits per heavy atom. The fraction of sp³-hybridized carbons (Fsp3) is 0.556. The molecule has 5 nitrogen and oxygen atoms in total. The van der Waals surface area contributed by atoms with Crippen LogP contribution in [0.2, 0.25) is 10.0 Å². The Bertz CT molecular complexity index is 660. The summed E-state index contributed by atoms with van der Waals surface area (Å²) in [7, 11) is 0. The summed E-state index contributed by atoms with van der Waals surface area (Å²) in [5.41, 5.74) is 0.901. The highest BCUT2D eigenvalue weighted by atomic mass is 35.5. The highest BCUT2D eigenvalue weighted by Crippen LogP contribution is 2.51. The normalized spacial score (nSPS) is 23.3. The van der Waals surface area contributed by atoms with E-state index in [-0.39, 0.29) is 36.8 Å². The molecular weight excluding hydrogens is 365 g/mol. The predicted molar refractivity (Wildman–Crippen MR) is 95.1 cm³/mol. The molecule has 1 N–H and O–H groups in total. The van der Waals surface area contributed by atoms with Gasteiger partial charge in [0.15, 0.2) is 0 Å². The minimum absolute atomic E-state index is 0.0224. The Kier molecular flexibility index (Phi) is 5.87.